The van der Waals surface area contributed by atoms with Crippen LogP contribution < -0.4 is 5.32 Å². The quantitative estimate of drug-likeness (QED) is 0.669. The van der Waals surface area contributed by atoms with Gasteiger partial charge in [-0.1, -0.05) is 18.2 Å². The van der Waals surface area contributed by atoms with Gasteiger partial charge in [0.25, 0.3) is 5.91 Å². The predicted octanol–water partition coefficient (Wildman–Crippen LogP) is 1.65. The minimum atomic E-state index is -1.07. The van der Waals surface area contributed by atoms with Crippen LogP contribution >= 0.6 is 11.3 Å². The van der Waals surface area contributed by atoms with Crippen LogP contribution in [-0.4, -0.2) is 34.9 Å². The average Bonchev–Trinajstić information content (AvgIpc) is 3.03. The van der Waals surface area contributed by atoms with E-state index in [1.807, 2.05) is 0 Å². The summed E-state index contributed by atoms with van der Waals surface area (Å²) in [7, 11) is 0. The molecule has 1 aromatic heterocycles. The number of aliphatic hydroxyl groups excluding tert-OH is 1. The second-order valence-electron chi connectivity index (χ2n) is 4.77. The van der Waals surface area contributed by atoms with Gasteiger partial charge in [-0.15, -0.1) is 11.3 Å². The van der Waals surface area contributed by atoms with Crippen molar-refractivity contribution in [3.05, 3.63) is 57.3 Å². The summed E-state index contributed by atoms with van der Waals surface area (Å²) in [4.78, 5) is 35.7. The van der Waals surface area contributed by atoms with Crippen LogP contribution in [0.5, 0.6) is 0 Å². The Morgan fingerprint density at radius 1 is 1.22 bits per heavy atom. The number of thiophene rings is 1. The van der Waals surface area contributed by atoms with E-state index in [1.165, 1.54) is 23.5 Å². The minimum Gasteiger partial charge on any atom is -0.481 e. The molecular formula is C16H15NO5S. The van der Waals surface area contributed by atoms with E-state index in [4.69, 9.17) is 5.11 Å². The third-order valence-corrected chi connectivity index (χ3v) is 4.46. The van der Waals surface area contributed by atoms with Gasteiger partial charge in [0.2, 0.25) is 0 Å². The van der Waals surface area contributed by atoms with Gasteiger partial charge < -0.3 is 15.5 Å². The van der Waals surface area contributed by atoms with Crippen molar-refractivity contribution in [1.82, 2.24) is 5.32 Å². The van der Waals surface area contributed by atoms with Crippen molar-refractivity contribution in [1.29, 1.82) is 0 Å². The van der Waals surface area contributed by atoms with Crippen LogP contribution in [0.2, 0.25) is 0 Å². The number of aldehydes is 1. The summed E-state index contributed by atoms with van der Waals surface area (Å²) in [5.74, 6) is -2.48. The van der Waals surface area contributed by atoms with Gasteiger partial charge in [-0.3, -0.25) is 14.4 Å². The zero-order valence-electron chi connectivity index (χ0n) is 12.1. The number of carboxylic acids is 1. The molecule has 0 spiro atoms. The molecule has 0 bridgehead atoms. The lowest BCUT2D eigenvalue weighted by atomic mass is 10.1. The van der Waals surface area contributed by atoms with Crippen molar-refractivity contribution < 1.29 is 24.6 Å². The van der Waals surface area contributed by atoms with Gasteiger partial charge in [-0.05, 0) is 18.2 Å². The monoisotopic (exact) mass is 333 g/mol. The molecule has 7 heteroatoms. The van der Waals surface area contributed by atoms with Crippen LogP contribution in [0.3, 0.4) is 0 Å². The predicted molar refractivity (Wildman–Crippen MR) is 84.8 cm³/mol. The third-order valence-electron chi connectivity index (χ3n) is 3.28. The number of amides is 1. The van der Waals surface area contributed by atoms with E-state index in [-0.39, 0.29) is 24.3 Å². The Bertz CT molecular complexity index is 725. The molecular weight excluding hydrogens is 318 g/mol. The summed E-state index contributed by atoms with van der Waals surface area (Å²) < 4.78 is 0. The Balaban J connectivity index is 2.11. The van der Waals surface area contributed by atoms with Crippen molar-refractivity contribution in [3.63, 3.8) is 0 Å². The molecule has 23 heavy (non-hydrogen) atoms. The number of hydrogen-bond acceptors (Lipinski definition) is 5. The molecule has 1 atom stereocenters. The number of carbonyl (C=O) groups is 3. The van der Waals surface area contributed by atoms with Crippen LogP contribution in [0.1, 0.15) is 36.4 Å². The second kappa shape index (κ2) is 7.66. The molecule has 0 aliphatic rings. The van der Waals surface area contributed by atoms with Crippen LogP contribution in [0.15, 0.2) is 36.4 Å². The Morgan fingerprint density at radius 2 is 1.96 bits per heavy atom. The van der Waals surface area contributed by atoms with Gasteiger partial charge in [0, 0.05) is 27.4 Å². The van der Waals surface area contributed by atoms with Gasteiger partial charge in [0.15, 0.2) is 6.29 Å². The van der Waals surface area contributed by atoms with Crippen LogP contribution in [0.4, 0.5) is 0 Å². The molecule has 0 fully saturated rings. The molecule has 2 aromatic rings. The first kappa shape index (κ1) is 16.9. The first-order valence-electron chi connectivity index (χ1n) is 6.81. The lowest BCUT2D eigenvalue weighted by Crippen LogP contribution is -2.31. The smallest absolute Gasteiger partial charge is 0.313 e. The first-order chi connectivity index (χ1) is 11.1. The largest absolute Gasteiger partial charge is 0.481 e. The summed E-state index contributed by atoms with van der Waals surface area (Å²) in [6.45, 7) is -0.261. The fourth-order valence-electron chi connectivity index (χ4n) is 2.07. The number of aliphatic hydroxyl groups is 1. The van der Waals surface area contributed by atoms with E-state index < -0.39 is 17.8 Å². The number of rotatable bonds is 7. The van der Waals surface area contributed by atoms with Gasteiger partial charge >= 0.3 is 5.97 Å². The standard InChI is InChI=1S/C16H15NO5S/c18-8-10-3-1-2-4-12(10)15(20)17-7-13(16(21)22)14-6-5-11(9-19)23-14/h1-6,8,13,19H,7,9H2,(H,17,20)(H,21,22). The van der Waals surface area contributed by atoms with Crippen LogP contribution in [0, 0.1) is 0 Å². The molecule has 120 valence electrons. The van der Waals surface area contributed by atoms with Crippen molar-refractivity contribution in [3.8, 4) is 0 Å². The van der Waals surface area contributed by atoms with E-state index in [9.17, 15) is 19.5 Å². The van der Waals surface area contributed by atoms with E-state index in [2.05, 4.69) is 5.32 Å². The molecule has 0 saturated carbocycles. The maximum Gasteiger partial charge on any atom is 0.313 e. The fourth-order valence-corrected chi connectivity index (χ4v) is 3.04. The molecule has 1 aromatic carbocycles. The molecule has 0 radical (unpaired) electrons. The summed E-state index contributed by atoms with van der Waals surface area (Å²) in [6.07, 6.45) is 0.580. The number of nitrogens with one attached hydrogen (secondary N) is 1. The molecule has 2 rings (SSSR count). The molecule has 0 aliphatic carbocycles. The number of carbonyl (C=O) groups excluding carboxylic acids is 2. The lowest BCUT2D eigenvalue weighted by molar-refractivity contribution is -0.138. The maximum atomic E-state index is 12.1. The lowest BCUT2D eigenvalue weighted by Gasteiger charge is -2.12. The van der Waals surface area contributed by atoms with Gasteiger partial charge in [-0.2, -0.15) is 0 Å². The molecule has 1 amide bonds. The van der Waals surface area contributed by atoms with E-state index in [1.54, 1.807) is 24.3 Å². The Hall–Kier alpha value is -2.51. The van der Waals surface area contributed by atoms with Crippen molar-refractivity contribution in [2.75, 3.05) is 6.54 Å². The molecule has 0 saturated heterocycles. The first-order valence-corrected chi connectivity index (χ1v) is 7.63. The highest BCUT2D eigenvalue weighted by Crippen LogP contribution is 2.25. The highest BCUT2D eigenvalue weighted by Gasteiger charge is 2.23. The SMILES string of the molecule is O=Cc1ccccc1C(=O)NCC(C(=O)O)c1ccc(CO)s1. The summed E-state index contributed by atoms with van der Waals surface area (Å²) in [6, 6.07) is 9.57. The highest BCUT2D eigenvalue weighted by atomic mass is 32.1. The number of hydrogen-bond donors (Lipinski definition) is 3. The van der Waals surface area contributed by atoms with Crippen LogP contribution in [0.25, 0.3) is 0 Å². The summed E-state index contributed by atoms with van der Waals surface area (Å²) in [5, 5.41) is 20.9. The normalized spacial score (nSPS) is 11.7. The zero-order valence-corrected chi connectivity index (χ0v) is 12.9. The third kappa shape index (κ3) is 4.02. The van der Waals surface area contributed by atoms with Crippen molar-refractivity contribution in [2.24, 2.45) is 0 Å². The Morgan fingerprint density at radius 3 is 2.57 bits per heavy atom. The van der Waals surface area contributed by atoms with Gasteiger partial charge in [0.1, 0.15) is 5.92 Å². The van der Waals surface area contributed by atoms with Gasteiger partial charge in [-0.25, -0.2) is 0 Å². The number of carboxylic acid groups (broad SMARTS) is 1. The number of benzene rings is 1. The Kier molecular flexibility index (Phi) is 5.61. The maximum absolute atomic E-state index is 12.1. The highest BCUT2D eigenvalue weighted by molar-refractivity contribution is 7.12. The molecule has 1 heterocycles. The van der Waals surface area contributed by atoms with Crippen molar-refractivity contribution >= 4 is 29.5 Å². The van der Waals surface area contributed by atoms with E-state index in [0.29, 0.717) is 16.0 Å². The summed E-state index contributed by atoms with van der Waals surface area (Å²) in [5.41, 5.74) is 0.449. The summed E-state index contributed by atoms with van der Waals surface area (Å²) >= 11 is 1.19. The Labute approximate surface area is 136 Å². The molecule has 0 aliphatic heterocycles. The molecule has 1 unspecified atom stereocenters. The topological polar surface area (TPSA) is 104 Å². The zero-order chi connectivity index (χ0) is 16.8. The van der Waals surface area contributed by atoms with Gasteiger partial charge in [0.05, 0.1) is 6.61 Å². The van der Waals surface area contributed by atoms with E-state index in [0.717, 1.165) is 0 Å². The van der Waals surface area contributed by atoms with Crippen molar-refractivity contribution in [2.45, 2.75) is 12.5 Å². The molecule has 6 nitrogen and oxygen atoms in total. The van der Waals surface area contributed by atoms with E-state index >= 15 is 0 Å². The second-order valence-corrected chi connectivity index (χ2v) is 5.97. The van der Waals surface area contributed by atoms with Crippen LogP contribution in [-0.2, 0) is 11.4 Å². The fraction of sp³-hybridized carbons (Fsp3) is 0.188. The minimum absolute atomic E-state index is 0.104. The number of aliphatic carboxylic acids is 1. The molecule has 3 N–H and O–H groups in total. The average molecular weight is 333 g/mol.